The molecule has 2 aromatic carbocycles. The van der Waals surface area contributed by atoms with Crippen molar-refractivity contribution in [2.24, 2.45) is 0 Å². The molecule has 0 radical (unpaired) electrons. The van der Waals surface area contributed by atoms with Gasteiger partial charge >= 0.3 is 5.97 Å². The summed E-state index contributed by atoms with van der Waals surface area (Å²) in [5.41, 5.74) is 0.278. The van der Waals surface area contributed by atoms with Crippen molar-refractivity contribution in [2.75, 3.05) is 18.5 Å². The number of ether oxygens (including phenoxy) is 2. The molecule has 152 valence electrons. The van der Waals surface area contributed by atoms with E-state index >= 15 is 0 Å². The fraction of sp³-hybridized carbons (Fsp3) is 0.150. The molecule has 0 atom stereocenters. The van der Waals surface area contributed by atoms with Crippen molar-refractivity contribution in [3.8, 4) is 5.75 Å². The van der Waals surface area contributed by atoms with Gasteiger partial charge in [-0.05, 0) is 53.9 Å². The third-order valence-corrected chi connectivity index (χ3v) is 6.81. The zero-order valence-corrected chi connectivity index (χ0v) is 17.3. The maximum absolute atomic E-state index is 14.5. The Hall–Kier alpha value is -2.91. The molecule has 29 heavy (non-hydrogen) atoms. The zero-order valence-electron chi connectivity index (χ0n) is 15.7. The van der Waals surface area contributed by atoms with Crippen LogP contribution in [-0.2, 0) is 21.3 Å². The molecule has 1 aromatic heterocycles. The predicted octanol–water partition coefficient (Wildman–Crippen LogP) is 4.08. The number of benzene rings is 2. The van der Waals surface area contributed by atoms with Crippen LogP contribution in [0.3, 0.4) is 0 Å². The minimum atomic E-state index is -4.33. The van der Waals surface area contributed by atoms with E-state index in [2.05, 4.69) is 4.74 Å². The second kappa shape index (κ2) is 8.62. The van der Waals surface area contributed by atoms with E-state index in [1.54, 1.807) is 36.4 Å². The van der Waals surface area contributed by atoms with Crippen LogP contribution in [0.5, 0.6) is 5.75 Å². The summed E-state index contributed by atoms with van der Waals surface area (Å²) in [6.45, 7) is 0.00816. The zero-order chi connectivity index (χ0) is 21.0. The summed E-state index contributed by atoms with van der Waals surface area (Å²) < 4.78 is 52.2. The Morgan fingerprint density at radius 3 is 2.41 bits per heavy atom. The molecule has 0 fully saturated rings. The van der Waals surface area contributed by atoms with Gasteiger partial charge in [-0.25, -0.2) is 17.6 Å². The summed E-state index contributed by atoms with van der Waals surface area (Å²) in [7, 11) is -1.66. The standard InChI is InChI=1S/C20H18FNO5S2/c1-26-16-8-6-15(7-9-16)22(13-17-4-3-11-28-17)29(24,25)19-12-14(20(23)27-2)5-10-18(19)21/h3-12H,13H2,1-2H3. The fourth-order valence-electron chi connectivity index (χ4n) is 2.67. The van der Waals surface area contributed by atoms with E-state index in [0.29, 0.717) is 11.4 Å². The highest BCUT2D eigenvalue weighted by molar-refractivity contribution is 7.92. The minimum Gasteiger partial charge on any atom is -0.497 e. The van der Waals surface area contributed by atoms with Gasteiger partial charge in [0.1, 0.15) is 16.5 Å². The molecule has 9 heteroatoms. The minimum absolute atomic E-state index is 0.00816. The van der Waals surface area contributed by atoms with E-state index < -0.39 is 26.7 Å². The second-order valence-electron chi connectivity index (χ2n) is 5.93. The molecule has 0 aliphatic heterocycles. The van der Waals surface area contributed by atoms with Crippen LogP contribution in [-0.4, -0.2) is 28.6 Å². The lowest BCUT2D eigenvalue weighted by atomic mass is 10.2. The van der Waals surface area contributed by atoms with Crippen LogP contribution in [0.15, 0.2) is 64.9 Å². The van der Waals surface area contributed by atoms with Crippen molar-refractivity contribution in [1.29, 1.82) is 0 Å². The van der Waals surface area contributed by atoms with Crippen molar-refractivity contribution in [3.05, 3.63) is 76.2 Å². The number of nitrogens with zero attached hydrogens (tertiary/aromatic N) is 1. The molecule has 0 unspecified atom stereocenters. The number of hydrogen-bond acceptors (Lipinski definition) is 6. The molecule has 0 amide bonds. The van der Waals surface area contributed by atoms with Gasteiger partial charge in [0.05, 0.1) is 32.0 Å². The lowest BCUT2D eigenvalue weighted by molar-refractivity contribution is 0.0600. The summed E-state index contributed by atoms with van der Waals surface area (Å²) in [6, 6.07) is 13.1. The van der Waals surface area contributed by atoms with Crippen molar-refractivity contribution in [3.63, 3.8) is 0 Å². The van der Waals surface area contributed by atoms with E-state index in [1.165, 1.54) is 31.6 Å². The number of thiophene rings is 1. The molecule has 0 aliphatic rings. The lowest BCUT2D eigenvalue weighted by Crippen LogP contribution is -2.31. The van der Waals surface area contributed by atoms with Crippen molar-refractivity contribution < 1.29 is 27.1 Å². The van der Waals surface area contributed by atoms with Crippen molar-refractivity contribution in [1.82, 2.24) is 0 Å². The number of esters is 1. The number of sulfonamides is 1. The second-order valence-corrected chi connectivity index (χ2v) is 8.79. The highest BCUT2D eigenvalue weighted by Gasteiger charge is 2.29. The third kappa shape index (κ3) is 4.41. The highest BCUT2D eigenvalue weighted by Crippen LogP contribution is 2.30. The van der Waals surface area contributed by atoms with Gasteiger partial charge in [-0.1, -0.05) is 6.07 Å². The van der Waals surface area contributed by atoms with Crippen molar-refractivity contribution >= 4 is 33.0 Å². The average molecular weight is 435 g/mol. The molecule has 0 saturated carbocycles. The number of rotatable bonds is 7. The van der Waals surface area contributed by atoms with Gasteiger partial charge in [0.15, 0.2) is 0 Å². The maximum atomic E-state index is 14.5. The first-order valence-corrected chi connectivity index (χ1v) is 10.8. The third-order valence-electron chi connectivity index (χ3n) is 4.16. The van der Waals surface area contributed by atoms with Gasteiger partial charge in [0, 0.05) is 4.88 Å². The molecule has 3 aromatic rings. The predicted molar refractivity (Wildman–Crippen MR) is 108 cm³/mol. The molecule has 0 spiro atoms. The number of anilines is 1. The highest BCUT2D eigenvalue weighted by atomic mass is 32.2. The van der Waals surface area contributed by atoms with E-state index in [9.17, 15) is 17.6 Å². The molecule has 0 bridgehead atoms. The van der Waals surface area contributed by atoms with Crippen LogP contribution < -0.4 is 9.04 Å². The molecular formula is C20H18FNO5S2. The quantitative estimate of drug-likeness (QED) is 0.523. The van der Waals surface area contributed by atoms with E-state index in [0.717, 1.165) is 21.3 Å². The van der Waals surface area contributed by atoms with E-state index in [-0.39, 0.29) is 12.1 Å². The average Bonchev–Trinajstić information content (AvgIpc) is 3.25. The summed E-state index contributed by atoms with van der Waals surface area (Å²) in [6.07, 6.45) is 0. The maximum Gasteiger partial charge on any atom is 0.337 e. The first kappa shape index (κ1) is 20.8. The summed E-state index contributed by atoms with van der Waals surface area (Å²) >= 11 is 1.38. The molecule has 0 aliphatic carbocycles. The normalized spacial score (nSPS) is 11.1. The Balaban J connectivity index is 2.11. The van der Waals surface area contributed by atoms with Crippen LogP contribution >= 0.6 is 11.3 Å². The van der Waals surface area contributed by atoms with Crippen LogP contribution in [0, 0.1) is 5.82 Å². The Kier molecular flexibility index (Phi) is 6.19. The van der Waals surface area contributed by atoms with Gasteiger partial charge in [-0.2, -0.15) is 0 Å². The van der Waals surface area contributed by atoms with Crippen LogP contribution in [0.2, 0.25) is 0 Å². The topological polar surface area (TPSA) is 72.9 Å². The molecule has 0 saturated heterocycles. The van der Waals surface area contributed by atoms with Crippen molar-refractivity contribution in [2.45, 2.75) is 11.4 Å². The lowest BCUT2D eigenvalue weighted by Gasteiger charge is -2.24. The van der Waals surface area contributed by atoms with Gasteiger partial charge in [0.25, 0.3) is 10.0 Å². The van der Waals surface area contributed by atoms with Gasteiger partial charge in [-0.3, -0.25) is 4.31 Å². The van der Waals surface area contributed by atoms with Gasteiger partial charge in [0.2, 0.25) is 0 Å². The molecule has 3 rings (SSSR count). The molecule has 1 heterocycles. The van der Waals surface area contributed by atoms with Crippen LogP contribution in [0.4, 0.5) is 10.1 Å². The Bertz CT molecular complexity index is 1100. The van der Waals surface area contributed by atoms with Gasteiger partial charge < -0.3 is 9.47 Å². The largest absolute Gasteiger partial charge is 0.497 e. The Morgan fingerprint density at radius 2 is 1.83 bits per heavy atom. The monoisotopic (exact) mass is 435 g/mol. The summed E-state index contributed by atoms with van der Waals surface area (Å²) in [4.78, 5) is 12.0. The summed E-state index contributed by atoms with van der Waals surface area (Å²) in [5, 5.41) is 1.83. The van der Waals surface area contributed by atoms with Crippen LogP contribution in [0.25, 0.3) is 0 Å². The van der Waals surface area contributed by atoms with E-state index in [4.69, 9.17) is 4.74 Å². The van der Waals surface area contributed by atoms with Gasteiger partial charge in [-0.15, -0.1) is 11.3 Å². The van der Waals surface area contributed by atoms with E-state index in [1.807, 2.05) is 5.38 Å². The summed E-state index contributed by atoms with van der Waals surface area (Å²) in [5.74, 6) is -1.15. The molecule has 6 nitrogen and oxygen atoms in total. The first-order chi connectivity index (χ1) is 13.9. The molecular weight excluding hydrogens is 417 g/mol. The Morgan fingerprint density at radius 1 is 1.10 bits per heavy atom. The molecule has 0 N–H and O–H groups in total. The number of methoxy groups -OCH3 is 2. The first-order valence-electron chi connectivity index (χ1n) is 8.44. The fourth-order valence-corrected chi connectivity index (χ4v) is 4.98. The number of halogens is 1. The number of hydrogen-bond donors (Lipinski definition) is 0. The Labute approximate surface area is 172 Å². The SMILES string of the molecule is COC(=O)c1ccc(F)c(S(=O)(=O)N(Cc2cccs2)c2ccc(OC)cc2)c1. The number of carbonyl (C=O) groups is 1. The smallest absolute Gasteiger partial charge is 0.337 e. The van der Waals surface area contributed by atoms with Crippen LogP contribution in [0.1, 0.15) is 15.2 Å². The number of carbonyl (C=O) groups excluding carboxylic acids is 1.